The first-order valence-corrected chi connectivity index (χ1v) is 7.75. The number of ether oxygens (including phenoxy) is 1. The van der Waals surface area contributed by atoms with Gasteiger partial charge in [0.2, 0.25) is 0 Å². The highest BCUT2D eigenvalue weighted by atomic mass is 16.5. The topological polar surface area (TPSA) is 76.4 Å². The zero-order chi connectivity index (χ0) is 14.9. The van der Waals surface area contributed by atoms with E-state index in [1.165, 1.54) is 38.5 Å². The number of amides is 1. The number of hydrogen-bond acceptors (Lipinski definition) is 5. The molecule has 6 nitrogen and oxygen atoms in total. The smallest absolute Gasteiger partial charge is 0.273 e. The number of methoxy groups -OCH3 is 1. The van der Waals surface area contributed by atoms with Crippen LogP contribution < -0.4 is 10.6 Å². The normalized spacial score (nSPS) is 16.6. The minimum atomic E-state index is -0.205. The second kappa shape index (κ2) is 8.79. The zero-order valence-corrected chi connectivity index (χ0v) is 12.7. The fourth-order valence-corrected chi connectivity index (χ4v) is 2.66. The van der Waals surface area contributed by atoms with E-state index in [1.807, 2.05) is 0 Å². The van der Waals surface area contributed by atoms with Crippen LogP contribution in [-0.4, -0.2) is 37.3 Å². The maximum atomic E-state index is 11.9. The first kappa shape index (κ1) is 16.0. The Morgan fingerprint density at radius 3 is 2.81 bits per heavy atom. The standard InChI is InChI=1S/C15H25N3O3/c1-20-11-13-10-14(18-21-13)15(19)17-9-8-16-12-6-4-2-3-5-7-12/h10,12,16H,2-9,11H2,1H3,(H,17,19). The minimum Gasteiger partial charge on any atom is -0.377 e. The summed E-state index contributed by atoms with van der Waals surface area (Å²) in [6, 6.07) is 2.21. The molecule has 0 spiro atoms. The highest BCUT2D eigenvalue weighted by Gasteiger charge is 2.13. The van der Waals surface area contributed by atoms with Gasteiger partial charge in [-0.1, -0.05) is 30.8 Å². The van der Waals surface area contributed by atoms with Crippen molar-refractivity contribution in [2.24, 2.45) is 0 Å². The average Bonchev–Trinajstić information content (AvgIpc) is 2.80. The van der Waals surface area contributed by atoms with Crippen molar-refractivity contribution in [2.75, 3.05) is 20.2 Å². The quantitative estimate of drug-likeness (QED) is 0.593. The van der Waals surface area contributed by atoms with Gasteiger partial charge in [0.25, 0.3) is 5.91 Å². The molecule has 0 saturated heterocycles. The SMILES string of the molecule is COCc1cc(C(=O)NCCNC2CCCCCC2)no1. The molecule has 1 saturated carbocycles. The minimum absolute atomic E-state index is 0.205. The Morgan fingerprint density at radius 2 is 2.10 bits per heavy atom. The van der Waals surface area contributed by atoms with Crippen LogP contribution in [0.15, 0.2) is 10.6 Å². The summed E-state index contributed by atoms with van der Waals surface area (Å²) in [5.41, 5.74) is 0.302. The molecule has 0 bridgehead atoms. The van der Waals surface area contributed by atoms with Crippen LogP contribution in [0.2, 0.25) is 0 Å². The van der Waals surface area contributed by atoms with Gasteiger partial charge in [0.1, 0.15) is 6.61 Å². The first-order chi connectivity index (χ1) is 10.3. The van der Waals surface area contributed by atoms with Gasteiger partial charge in [-0.15, -0.1) is 0 Å². The lowest BCUT2D eigenvalue weighted by Crippen LogP contribution is -2.36. The summed E-state index contributed by atoms with van der Waals surface area (Å²) in [5.74, 6) is 0.350. The summed E-state index contributed by atoms with van der Waals surface area (Å²) < 4.78 is 9.91. The van der Waals surface area contributed by atoms with Crippen molar-refractivity contribution >= 4 is 5.91 Å². The lowest BCUT2D eigenvalue weighted by molar-refractivity contribution is 0.0943. The number of carbonyl (C=O) groups excluding carboxylic acids is 1. The third-order valence-corrected chi connectivity index (χ3v) is 3.78. The van der Waals surface area contributed by atoms with Crippen molar-refractivity contribution in [1.82, 2.24) is 15.8 Å². The predicted octanol–water partition coefficient (Wildman–Crippen LogP) is 1.86. The highest BCUT2D eigenvalue weighted by molar-refractivity contribution is 5.92. The summed E-state index contributed by atoms with van der Waals surface area (Å²) in [7, 11) is 1.57. The molecule has 0 aliphatic heterocycles. The number of rotatable bonds is 7. The van der Waals surface area contributed by atoms with E-state index >= 15 is 0 Å². The maximum absolute atomic E-state index is 11.9. The molecule has 1 aliphatic rings. The lowest BCUT2D eigenvalue weighted by atomic mass is 10.1. The molecule has 1 aromatic heterocycles. The average molecular weight is 295 g/mol. The number of nitrogens with zero attached hydrogens (tertiary/aromatic N) is 1. The van der Waals surface area contributed by atoms with Crippen LogP contribution in [0.25, 0.3) is 0 Å². The van der Waals surface area contributed by atoms with Crippen molar-refractivity contribution < 1.29 is 14.1 Å². The molecule has 1 fully saturated rings. The van der Waals surface area contributed by atoms with Gasteiger partial charge >= 0.3 is 0 Å². The van der Waals surface area contributed by atoms with Crippen LogP contribution in [0.3, 0.4) is 0 Å². The fraction of sp³-hybridized carbons (Fsp3) is 0.733. The Balaban J connectivity index is 1.64. The molecule has 1 heterocycles. The van der Waals surface area contributed by atoms with E-state index in [4.69, 9.17) is 9.26 Å². The monoisotopic (exact) mass is 295 g/mol. The molecular weight excluding hydrogens is 270 g/mol. The zero-order valence-electron chi connectivity index (χ0n) is 12.7. The summed E-state index contributed by atoms with van der Waals surface area (Å²) in [6.45, 7) is 1.71. The molecule has 0 aromatic carbocycles. The van der Waals surface area contributed by atoms with E-state index in [-0.39, 0.29) is 5.91 Å². The second-order valence-corrected chi connectivity index (χ2v) is 5.51. The molecule has 2 rings (SSSR count). The van der Waals surface area contributed by atoms with E-state index < -0.39 is 0 Å². The van der Waals surface area contributed by atoms with Crippen molar-refractivity contribution in [1.29, 1.82) is 0 Å². The van der Waals surface area contributed by atoms with Crippen molar-refractivity contribution in [3.05, 3.63) is 17.5 Å². The van der Waals surface area contributed by atoms with Crippen LogP contribution >= 0.6 is 0 Å². The third-order valence-electron chi connectivity index (χ3n) is 3.78. The largest absolute Gasteiger partial charge is 0.377 e. The molecule has 118 valence electrons. The number of hydrogen-bond donors (Lipinski definition) is 2. The van der Waals surface area contributed by atoms with Gasteiger partial charge in [0, 0.05) is 32.3 Å². The van der Waals surface area contributed by atoms with E-state index in [0.29, 0.717) is 30.6 Å². The van der Waals surface area contributed by atoms with Gasteiger partial charge in [-0.25, -0.2) is 0 Å². The van der Waals surface area contributed by atoms with Crippen LogP contribution in [0.1, 0.15) is 54.8 Å². The van der Waals surface area contributed by atoms with Gasteiger partial charge in [-0.3, -0.25) is 4.79 Å². The van der Waals surface area contributed by atoms with Crippen LogP contribution in [0, 0.1) is 0 Å². The second-order valence-electron chi connectivity index (χ2n) is 5.51. The summed E-state index contributed by atoms with van der Waals surface area (Å²) >= 11 is 0. The molecule has 21 heavy (non-hydrogen) atoms. The molecular formula is C15H25N3O3. The predicted molar refractivity (Wildman–Crippen MR) is 79.0 cm³/mol. The Hall–Kier alpha value is -1.40. The van der Waals surface area contributed by atoms with E-state index in [9.17, 15) is 4.79 Å². The Bertz CT molecular complexity index is 426. The number of carbonyl (C=O) groups is 1. The Morgan fingerprint density at radius 1 is 1.33 bits per heavy atom. The van der Waals surface area contributed by atoms with Gasteiger partial charge in [-0.2, -0.15) is 0 Å². The fourth-order valence-electron chi connectivity index (χ4n) is 2.66. The summed E-state index contributed by atoms with van der Waals surface area (Å²) in [5, 5.41) is 10.1. The van der Waals surface area contributed by atoms with E-state index in [1.54, 1.807) is 13.2 Å². The summed E-state index contributed by atoms with van der Waals surface area (Å²) in [4.78, 5) is 11.9. The maximum Gasteiger partial charge on any atom is 0.273 e. The molecule has 0 unspecified atom stereocenters. The molecule has 1 amide bonds. The number of nitrogens with one attached hydrogen (secondary N) is 2. The molecule has 6 heteroatoms. The van der Waals surface area contributed by atoms with Gasteiger partial charge in [0.05, 0.1) is 0 Å². The molecule has 2 N–H and O–H groups in total. The van der Waals surface area contributed by atoms with Crippen molar-refractivity contribution in [2.45, 2.75) is 51.2 Å². The van der Waals surface area contributed by atoms with Crippen molar-refractivity contribution in [3.8, 4) is 0 Å². The number of aromatic nitrogens is 1. The molecule has 1 aliphatic carbocycles. The Kier molecular flexibility index (Phi) is 6.69. The lowest BCUT2D eigenvalue weighted by Gasteiger charge is -2.16. The van der Waals surface area contributed by atoms with Crippen LogP contribution in [0.4, 0.5) is 0 Å². The van der Waals surface area contributed by atoms with Gasteiger partial charge < -0.3 is 19.9 Å². The van der Waals surface area contributed by atoms with Gasteiger partial charge in [0.15, 0.2) is 11.5 Å². The third kappa shape index (κ3) is 5.47. The molecule has 0 radical (unpaired) electrons. The van der Waals surface area contributed by atoms with Crippen LogP contribution in [0.5, 0.6) is 0 Å². The summed E-state index contributed by atoms with van der Waals surface area (Å²) in [6.07, 6.45) is 7.82. The molecule has 0 atom stereocenters. The molecule has 1 aromatic rings. The van der Waals surface area contributed by atoms with E-state index in [2.05, 4.69) is 15.8 Å². The van der Waals surface area contributed by atoms with Gasteiger partial charge in [-0.05, 0) is 12.8 Å². The van der Waals surface area contributed by atoms with Crippen molar-refractivity contribution in [3.63, 3.8) is 0 Å². The van der Waals surface area contributed by atoms with E-state index in [0.717, 1.165) is 6.54 Å². The first-order valence-electron chi connectivity index (χ1n) is 7.75. The highest BCUT2D eigenvalue weighted by Crippen LogP contribution is 2.16. The Labute approximate surface area is 125 Å². The van der Waals surface area contributed by atoms with Crippen LogP contribution in [-0.2, 0) is 11.3 Å².